The van der Waals surface area contributed by atoms with Crippen LogP contribution in [0.2, 0.25) is 0 Å². The van der Waals surface area contributed by atoms with Gasteiger partial charge in [-0.05, 0) is 35.6 Å². The zero-order chi connectivity index (χ0) is 15.4. The molecule has 0 aliphatic rings. The second kappa shape index (κ2) is 6.54. The van der Waals surface area contributed by atoms with Crippen molar-refractivity contribution in [3.05, 3.63) is 88.8 Å². The highest BCUT2D eigenvalue weighted by Gasteiger charge is 2.03. The summed E-state index contributed by atoms with van der Waals surface area (Å²) in [6.45, 7) is 2.05. The average Bonchev–Trinajstić information content (AvgIpc) is 3.09. The molecule has 0 aliphatic carbocycles. The van der Waals surface area contributed by atoms with Crippen molar-refractivity contribution in [3.63, 3.8) is 0 Å². The van der Waals surface area contributed by atoms with E-state index in [1.165, 1.54) is 10.4 Å². The molecular weight excluding hydrogens is 288 g/mol. The average molecular weight is 304 g/mol. The minimum absolute atomic E-state index is 0.0262. The molecule has 0 fully saturated rings. The Morgan fingerprint density at radius 3 is 2.32 bits per heavy atom. The van der Waals surface area contributed by atoms with Gasteiger partial charge in [0.1, 0.15) is 0 Å². The molecule has 0 saturated carbocycles. The Morgan fingerprint density at radius 2 is 1.68 bits per heavy atom. The maximum atomic E-state index is 12.2. The van der Waals surface area contributed by atoms with Crippen LogP contribution in [0.4, 0.5) is 0 Å². The Kier molecular flexibility index (Phi) is 4.31. The van der Waals surface area contributed by atoms with Gasteiger partial charge in [0.15, 0.2) is 5.78 Å². The summed E-state index contributed by atoms with van der Waals surface area (Å²) in [5.41, 5.74) is 4.11. The third kappa shape index (κ3) is 3.41. The largest absolute Gasteiger partial charge is 0.289 e. The van der Waals surface area contributed by atoms with Crippen molar-refractivity contribution in [3.8, 4) is 10.4 Å². The lowest BCUT2D eigenvalue weighted by atomic mass is 10.1. The van der Waals surface area contributed by atoms with E-state index in [1.807, 2.05) is 67.6 Å². The van der Waals surface area contributed by atoms with Crippen LogP contribution in [-0.2, 0) is 0 Å². The molecule has 2 heteroatoms. The molecule has 1 nitrogen and oxygen atoms in total. The predicted octanol–water partition coefficient (Wildman–Crippen LogP) is 5.62. The molecule has 0 saturated heterocycles. The molecule has 0 unspecified atom stereocenters. The fourth-order valence-electron chi connectivity index (χ4n) is 2.19. The van der Waals surface area contributed by atoms with E-state index in [9.17, 15) is 4.79 Å². The fourth-order valence-corrected chi connectivity index (χ4v) is 2.92. The van der Waals surface area contributed by atoms with Crippen LogP contribution < -0.4 is 0 Å². The van der Waals surface area contributed by atoms with Gasteiger partial charge in [-0.25, -0.2) is 0 Å². The highest BCUT2D eigenvalue weighted by molar-refractivity contribution is 7.13. The van der Waals surface area contributed by atoms with E-state index < -0.39 is 0 Å². The van der Waals surface area contributed by atoms with Crippen LogP contribution in [0.3, 0.4) is 0 Å². The zero-order valence-electron chi connectivity index (χ0n) is 12.3. The number of ketones is 1. The van der Waals surface area contributed by atoms with Crippen LogP contribution in [0, 0.1) is 6.92 Å². The first-order valence-corrected chi connectivity index (χ1v) is 8.03. The van der Waals surface area contributed by atoms with Gasteiger partial charge in [0, 0.05) is 10.4 Å². The van der Waals surface area contributed by atoms with Crippen LogP contribution in [0.1, 0.15) is 21.5 Å². The minimum Gasteiger partial charge on any atom is -0.289 e. The van der Waals surface area contributed by atoms with E-state index in [0.29, 0.717) is 5.56 Å². The number of thiophene rings is 1. The molecule has 1 aromatic heterocycles. The monoisotopic (exact) mass is 304 g/mol. The molecule has 0 spiro atoms. The van der Waals surface area contributed by atoms with Crippen molar-refractivity contribution in [2.45, 2.75) is 6.92 Å². The first kappa shape index (κ1) is 14.5. The normalized spacial score (nSPS) is 11.0. The second-order valence-corrected chi connectivity index (χ2v) is 6.11. The summed E-state index contributed by atoms with van der Waals surface area (Å²) >= 11 is 1.70. The lowest BCUT2D eigenvalue weighted by Crippen LogP contribution is -1.93. The number of rotatable bonds is 4. The molecule has 0 radical (unpaired) electrons. The summed E-state index contributed by atoms with van der Waals surface area (Å²) < 4.78 is 0. The molecule has 3 aromatic rings. The van der Waals surface area contributed by atoms with Crippen LogP contribution in [0.5, 0.6) is 0 Å². The quantitative estimate of drug-likeness (QED) is 0.451. The molecule has 0 amide bonds. The Balaban J connectivity index is 1.73. The van der Waals surface area contributed by atoms with Gasteiger partial charge in [-0.1, -0.05) is 66.2 Å². The molecular formula is C20H16OS. The minimum atomic E-state index is 0.0262. The summed E-state index contributed by atoms with van der Waals surface area (Å²) in [5.74, 6) is 0.0262. The van der Waals surface area contributed by atoms with E-state index in [1.54, 1.807) is 17.4 Å². The zero-order valence-corrected chi connectivity index (χ0v) is 13.1. The van der Waals surface area contributed by atoms with Crippen molar-refractivity contribution in [1.82, 2.24) is 0 Å². The number of carbonyl (C=O) groups excluding carboxylic acids is 1. The molecule has 0 aliphatic heterocycles. The van der Waals surface area contributed by atoms with E-state index in [4.69, 9.17) is 0 Å². The number of hydrogen-bond acceptors (Lipinski definition) is 2. The van der Waals surface area contributed by atoms with E-state index >= 15 is 0 Å². The van der Waals surface area contributed by atoms with E-state index in [0.717, 1.165) is 11.1 Å². The van der Waals surface area contributed by atoms with Crippen LogP contribution in [-0.4, -0.2) is 5.78 Å². The molecule has 0 N–H and O–H groups in total. The number of hydrogen-bond donors (Lipinski definition) is 0. The first-order chi connectivity index (χ1) is 10.7. The predicted molar refractivity (Wildman–Crippen MR) is 94.3 cm³/mol. The summed E-state index contributed by atoms with van der Waals surface area (Å²) in [6, 6.07) is 20.0. The third-order valence-corrected chi connectivity index (χ3v) is 4.40. The Hall–Kier alpha value is -2.45. The highest BCUT2D eigenvalue weighted by Crippen LogP contribution is 2.24. The lowest BCUT2D eigenvalue weighted by molar-refractivity contribution is 0.104. The standard InChI is InChI=1S/C20H16OS/c1-15-4-6-16(7-5-15)8-13-19(21)17-9-11-18(12-10-17)20-3-2-14-22-20/h2-14H,1H3/b13-8+. The smallest absolute Gasteiger partial charge is 0.185 e. The third-order valence-electron chi connectivity index (χ3n) is 3.48. The SMILES string of the molecule is Cc1ccc(/C=C/C(=O)c2ccc(-c3cccs3)cc2)cc1. The Labute approximate surface area is 134 Å². The van der Waals surface area contributed by atoms with Gasteiger partial charge in [-0.2, -0.15) is 0 Å². The lowest BCUT2D eigenvalue weighted by Gasteiger charge is -2.00. The van der Waals surface area contributed by atoms with Crippen molar-refractivity contribution < 1.29 is 4.79 Å². The van der Waals surface area contributed by atoms with Crippen LogP contribution >= 0.6 is 11.3 Å². The topological polar surface area (TPSA) is 17.1 Å². The van der Waals surface area contributed by atoms with Crippen molar-refractivity contribution >= 4 is 23.2 Å². The maximum absolute atomic E-state index is 12.2. The van der Waals surface area contributed by atoms with Crippen LogP contribution in [0.25, 0.3) is 16.5 Å². The van der Waals surface area contributed by atoms with Gasteiger partial charge in [0.2, 0.25) is 0 Å². The number of allylic oxidation sites excluding steroid dienone is 1. The summed E-state index contributed by atoms with van der Waals surface area (Å²) in [7, 11) is 0. The Morgan fingerprint density at radius 1 is 0.955 bits per heavy atom. The van der Waals surface area contributed by atoms with Crippen molar-refractivity contribution in [2.24, 2.45) is 0 Å². The van der Waals surface area contributed by atoms with E-state index in [2.05, 4.69) is 11.4 Å². The molecule has 1 heterocycles. The summed E-state index contributed by atoms with van der Waals surface area (Å²) in [6.07, 6.45) is 3.49. The van der Waals surface area contributed by atoms with E-state index in [-0.39, 0.29) is 5.78 Å². The molecule has 0 bridgehead atoms. The van der Waals surface area contributed by atoms with Gasteiger partial charge >= 0.3 is 0 Å². The molecule has 2 aromatic carbocycles. The molecule has 3 rings (SSSR count). The Bertz CT molecular complexity index is 779. The van der Waals surface area contributed by atoms with Crippen molar-refractivity contribution in [2.75, 3.05) is 0 Å². The first-order valence-electron chi connectivity index (χ1n) is 7.15. The van der Waals surface area contributed by atoms with Gasteiger partial charge < -0.3 is 0 Å². The maximum Gasteiger partial charge on any atom is 0.185 e. The number of benzene rings is 2. The number of carbonyl (C=O) groups is 1. The highest BCUT2D eigenvalue weighted by atomic mass is 32.1. The molecule has 22 heavy (non-hydrogen) atoms. The second-order valence-electron chi connectivity index (χ2n) is 5.16. The number of aryl methyl sites for hydroxylation is 1. The van der Waals surface area contributed by atoms with Gasteiger partial charge in [0.25, 0.3) is 0 Å². The fraction of sp³-hybridized carbons (Fsp3) is 0.0500. The molecule has 0 atom stereocenters. The summed E-state index contributed by atoms with van der Waals surface area (Å²) in [5, 5.41) is 2.05. The van der Waals surface area contributed by atoms with Crippen molar-refractivity contribution in [1.29, 1.82) is 0 Å². The van der Waals surface area contributed by atoms with Gasteiger partial charge in [0.05, 0.1) is 0 Å². The van der Waals surface area contributed by atoms with Gasteiger partial charge in [-0.15, -0.1) is 11.3 Å². The molecule has 108 valence electrons. The van der Waals surface area contributed by atoms with Gasteiger partial charge in [-0.3, -0.25) is 4.79 Å². The summed E-state index contributed by atoms with van der Waals surface area (Å²) in [4.78, 5) is 13.4. The van der Waals surface area contributed by atoms with Crippen LogP contribution in [0.15, 0.2) is 72.1 Å².